The van der Waals surface area contributed by atoms with Crippen molar-refractivity contribution in [3.05, 3.63) is 76.3 Å². The number of rotatable bonds is 2. The maximum absolute atomic E-state index is 12.4. The Labute approximate surface area is 120 Å². The van der Waals surface area contributed by atoms with Crippen LogP contribution in [0.5, 0.6) is 0 Å². The third-order valence-corrected chi connectivity index (χ3v) is 3.13. The average molecular weight is 279 g/mol. The zero-order valence-electron chi connectivity index (χ0n) is 11.4. The van der Waals surface area contributed by atoms with Crippen LogP contribution in [0.3, 0.4) is 0 Å². The number of pyridine rings is 1. The summed E-state index contributed by atoms with van der Waals surface area (Å²) in [6.45, 7) is 1.88. The molecular formula is C16H13N3O2. The Hall–Kier alpha value is -2.95. The fourth-order valence-electron chi connectivity index (χ4n) is 2.06. The lowest BCUT2D eigenvalue weighted by atomic mass is 10.2. The van der Waals surface area contributed by atoms with E-state index in [1.807, 2.05) is 31.2 Å². The molecule has 0 aliphatic rings. The SMILES string of the molecule is Cc1ccc2ncc(C(=O)Nc3ccccc3)c(=O)n2c1. The van der Waals surface area contributed by atoms with Gasteiger partial charge in [-0.05, 0) is 30.7 Å². The third-order valence-electron chi connectivity index (χ3n) is 3.13. The number of benzene rings is 1. The summed E-state index contributed by atoms with van der Waals surface area (Å²) in [6, 6.07) is 12.6. The molecule has 0 saturated carbocycles. The van der Waals surface area contributed by atoms with Gasteiger partial charge in [-0.25, -0.2) is 4.98 Å². The van der Waals surface area contributed by atoms with Crippen LogP contribution in [-0.4, -0.2) is 15.3 Å². The molecule has 3 rings (SSSR count). The number of amides is 1. The van der Waals surface area contributed by atoms with E-state index in [-0.39, 0.29) is 11.1 Å². The predicted octanol–water partition coefficient (Wildman–Crippen LogP) is 2.26. The highest BCUT2D eigenvalue weighted by molar-refractivity contribution is 6.03. The number of carbonyl (C=O) groups excluding carboxylic acids is 1. The van der Waals surface area contributed by atoms with Gasteiger partial charge in [-0.15, -0.1) is 0 Å². The van der Waals surface area contributed by atoms with Crippen LogP contribution in [0.4, 0.5) is 5.69 Å². The molecule has 3 aromatic rings. The molecule has 104 valence electrons. The summed E-state index contributed by atoms with van der Waals surface area (Å²) in [7, 11) is 0. The fourth-order valence-corrected chi connectivity index (χ4v) is 2.06. The van der Waals surface area contributed by atoms with Gasteiger partial charge in [-0.1, -0.05) is 24.3 Å². The molecule has 2 aromatic heterocycles. The number of hydrogen-bond acceptors (Lipinski definition) is 3. The van der Waals surface area contributed by atoms with E-state index in [1.165, 1.54) is 10.6 Å². The van der Waals surface area contributed by atoms with Gasteiger partial charge in [0.1, 0.15) is 11.2 Å². The number of aromatic nitrogens is 2. The number of para-hydroxylation sites is 1. The van der Waals surface area contributed by atoms with Crippen molar-refractivity contribution in [1.29, 1.82) is 0 Å². The summed E-state index contributed by atoms with van der Waals surface area (Å²) in [4.78, 5) is 28.7. The number of fused-ring (bicyclic) bond motifs is 1. The lowest BCUT2D eigenvalue weighted by molar-refractivity contribution is 0.102. The largest absolute Gasteiger partial charge is 0.322 e. The number of aryl methyl sites for hydroxylation is 1. The van der Waals surface area contributed by atoms with Gasteiger partial charge >= 0.3 is 0 Å². The summed E-state index contributed by atoms with van der Waals surface area (Å²) < 4.78 is 1.38. The van der Waals surface area contributed by atoms with E-state index in [0.29, 0.717) is 11.3 Å². The van der Waals surface area contributed by atoms with Crippen LogP contribution in [0.25, 0.3) is 5.65 Å². The molecule has 5 heteroatoms. The first-order valence-corrected chi connectivity index (χ1v) is 6.49. The van der Waals surface area contributed by atoms with E-state index >= 15 is 0 Å². The van der Waals surface area contributed by atoms with Crippen LogP contribution < -0.4 is 10.9 Å². The maximum Gasteiger partial charge on any atom is 0.270 e. The zero-order chi connectivity index (χ0) is 14.8. The topological polar surface area (TPSA) is 63.5 Å². The second-order valence-corrected chi connectivity index (χ2v) is 4.73. The van der Waals surface area contributed by atoms with Crippen LogP contribution in [0.15, 0.2) is 59.7 Å². The van der Waals surface area contributed by atoms with Gasteiger partial charge < -0.3 is 5.32 Å². The highest BCUT2D eigenvalue weighted by atomic mass is 16.2. The molecule has 1 amide bonds. The number of carbonyl (C=O) groups is 1. The number of nitrogens with one attached hydrogen (secondary N) is 1. The van der Waals surface area contributed by atoms with E-state index in [0.717, 1.165) is 5.56 Å². The second kappa shape index (κ2) is 5.20. The Morgan fingerprint density at radius 3 is 2.67 bits per heavy atom. The first-order chi connectivity index (χ1) is 10.1. The molecule has 5 nitrogen and oxygen atoms in total. The molecule has 0 aliphatic heterocycles. The molecule has 0 saturated heterocycles. The molecule has 0 bridgehead atoms. The van der Waals surface area contributed by atoms with Gasteiger partial charge in [-0.3, -0.25) is 14.0 Å². The van der Waals surface area contributed by atoms with Crippen molar-refractivity contribution in [1.82, 2.24) is 9.38 Å². The van der Waals surface area contributed by atoms with Gasteiger partial charge in [0.05, 0.1) is 0 Å². The first kappa shape index (κ1) is 13.1. The van der Waals surface area contributed by atoms with Crippen LogP contribution in [0.1, 0.15) is 15.9 Å². The smallest absolute Gasteiger partial charge is 0.270 e. The van der Waals surface area contributed by atoms with Gasteiger partial charge in [0.25, 0.3) is 11.5 Å². The molecule has 21 heavy (non-hydrogen) atoms. The van der Waals surface area contributed by atoms with Gasteiger partial charge in [0.15, 0.2) is 0 Å². The van der Waals surface area contributed by atoms with Gasteiger partial charge in [-0.2, -0.15) is 0 Å². The Morgan fingerprint density at radius 2 is 1.90 bits per heavy atom. The third kappa shape index (κ3) is 2.53. The minimum atomic E-state index is -0.463. The molecule has 0 unspecified atom stereocenters. The minimum absolute atomic E-state index is 0.0157. The lowest BCUT2D eigenvalue weighted by Gasteiger charge is -2.06. The highest BCUT2D eigenvalue weighted by Gasteiger charge is 2.13. The van der Waals surface area contributed by atoms with Crippen molar-refractivity contribution in [3.8, 4) is 0 Å². The van der Waals surface area contributed by atoms with Crippen LogP contribution in [0, 0.1) is 6.92 Å². The Morgan fingerprint density at radius 1 is 1.14 bits per heavy atom. The number of anilines is 1. The van der Waals surface area contributed by atoms with Crippen LogP contribution >= 0.6 is 0 Å². The second-order valence-electron chi connectivity index (χ2n) is 4.73. The summed E-state index contributed by atoms with van der Waals surface area (Å²) in [5, 5.41) is 2.69. The molecule has 1 aromatic carbocycles. The molecule has 2 heterocycles. The summed E-state index contributed by atoms with van der Waals surface area (Å²) in [6.07, 6.45) is 2.98. The van der Waals surface area contributed by atoms with Crippen LogP contribution in [-0.2, 0) is 0 Å². The van der Waals surface area contributed by atoms with E-state index in [9.17, 15) is 9.59 Å². The number of nitrogens with zero attached hydrogens (tertiary/aromatic N) is 2. The Kier molecular flexibility index (Phi) is 3.23. The predicted molar refractivity (Wildman–Crippen MR) is 80.6 cm³/mol. The molecular weight excluding hydrogens is 266 g/mol. The maximum atomic E-state index is 12.4. The highest BCUT2D eigenvalue weighted by Crippen LogP contribution is 2.07. The zero-order valence-corrected chi connectivity index (χ0v) is 11.4. The average Bonchev–Trinajstić information content (AvgIpc) is 2.49. The van der Waals surface area contributed by atoms with Crippen molar-refractivity contribution >= 4 is 17.2 Å². The van der Waals surface area contributed by atoms with Crippen molar-refractivity contribution in [2.75, 3.05) is 5.32 Å². The Balaban J connectivity index is 2.02. The molecule has 0 aliphatic carbocycles. The first-order valence-electron chi connectivity index (χ1n) is 6.49. The van der Waals surface area contributed by atoms with Crippen molar-refractivity contribution in [3.63, 3.8) is 0 Å². The summed E-state index contributed by atoms with van der Waals surface area (Å²) in [5.74, 6) is -0.463. The standard InChI is InChI=1S/C16H13N3O2/c1-11-7-8-14-17-9-13(16(21)19(14)10-11)15(20)18-12-5-3-2-4-6-12/h2-10H,1H3,(H,18,20). The normalized spacial score (nSPS) is 10.5. The minimum Gasteiger partial charge on any atom is -0.322 e. The quantitative estimate of drug-likeness (QED) is 0.782. The monoisotopic (exact) mass is 279 g/mol. The molecule has 0 fully saturated rings. The van der Waals surface area contributed by atoms with Gasteiger partial charge in [0, 0.05) is 18.1 Å². The Bertz CT molecular complexity index is 870. The van der Waals surface area contributed by atoms with Crippen molar-refractivity contribution in [2.45, 2.75) is 6.92 Å². The number of hydrogen-bond donors (Lipinski definition) is 1. The van der Waals surface area contributed by atoms with Crippen molar-refractivity contribution in [2.24, 2.45) is 0 Å². The summed E-state index contributed by atoms with van der Waals surface area (Å²) >= 11 is 0. The molecule has 0 spiro atoms. The lowest BCUT2D eigenvalue weighted by Crippen LogP contribution is -2.26. The summed E-state index contributed by atoms with van der Waals surface area (Å²) in [5.41, 5.74) is 1.71. The van der Waals surface area contributed by atoms with E-state index in [4.69, 9.17) is 0 Å². The molecule has 1 N–H and O–H groups in total. The van der Waals surface area contributed by atoms with E-state index in [1.54, 1.807) is 24.4 Å². The molecule has 0 radical (unpaired) electrons. The van der Waals surface area contributed by atoms with E-state index in [2.05, 4.69) is 10.3 Å². The van der Waals surface area contributed by atoms with Crippen molar-refractivity contribution < 1.29 is 4.79 Å². The van der Waals surface area contributed by atoms with Crippen LogP contribution in [0.2, 0.25) is 0 Å². The van der Waals surface area contributed by atoms with E-state index < -0.39 is 5.91 Å². The molecule has 0 atom stereocenters. The fraction of sp³-hybridized carbons (Fsp3) is 0.0625. The van der Waals surface area contributed by atoms with Gasteiger partial charge in [0.2, 0.25) is 0 Å².